The second kappa shape index (κ2) is 6.51. The smallest absolute Gasteiger partial charge is 0.255 e. The van der Waals surface area contributed by atoms with Crippen LogP contribution in [0, 0.1) is 11.8 Å². The summed E-state index contributed by atoms with van der Waals surface area (Å²) in [5.74, 6) is 1.05. The van der Waals surface area contributed by atoms with E-state index in [2.05, 4.69) is 49.8 Å². The summed E-state index contributed by atoms with van der Waals surface area (Å²) in [6.45, 7) is 8.92. The second-order valence-corrected chi connectivity index (χ2v) is 7.58. The molecular weight excluding hydrogens is 302 g/mol. The van der Waals surface area contributed by atoms with Gasteiger partial charge in [0.25, 0.3) is 5.91 Å². The minimum Gasteiger partial charge on any atom is -0.337 e. The van der Waals surface area contributed by atoms with Crippen molar-refractivity contribution in [2.24, 2.45) is 11.8 Å². The largest absolute Gasteiger partial charge is 0.337 e. The van der Waals surface area contributed by atoms with E-state index < -0.39 is 0 Å². The first kappa shape index (κ1) is 16.9. The highest BCUT2D eigenvalue weighted by atomic mass is 16.2. The zero-order chi connectivity index (χ0) is 17.4. The van der Waals surface area contributed by atoms with Crippen molar-refractivity contribution in [3.8, 4) is 0 Å². The molecule has 1 fully saturated rings. The fourth-order valence-electron chi connectivity index (χ4n) is 3.54. The molecular formula is C18H27N5O. The van der Waals surface area contributed by atoms with E-state index in [0.29, 0.717) is 23.4 Å². The molecule has 0 bridgehead atoms. The molecule has 0 radical (unpaired) electrons. The fraction of sp³-hybridized carbons (Fsp3) is 0.611. The van der Waals surface area contributed by atoms with Crippen LogP contribution in [0.15, 0.2) is 18.5 Å². The highest BCUT2D eigenvalue weighted by Crippen LogP contribution is 2.23. The van der Waals surface area contributed by atoms with Gasteiger partial charge in [0.2, 0.25) is 0 Å². The van der Waals surface area contributed by atoms with Crippen LogP contribution >= 0.6 is 0 Å². The van der Waals surface area contributed by atoms with Crippen molar-refractivity contribution in [2.75, 3.05) is 27.2 Å². The Hall–Kier alpha value is -1.95. The maximum absolute atomic E-state index is 12.8. The van der Waals surface area contributed by atoms with E-state index in [9.17, 15) is 4.79 Å². The van der Waals surface area contributed by atoms with Gasteiger partial charge >= 0.3 is 0 Å². The van der Waals surface area contributed by atoms with Gasteiger partial charge in [-0.2, -0.15) is 5.10 Å². The van der Waals surface area contributed by atoms with Gasteiger partial charge in [0.15, 0.2) is 5.65 Å². The van der Waals surface area contributed by atoms with Gasteiger partial charge < -0.3 is 9.80 Å². The van der Waals surface area contributed by atoms with E-state index in [1.165, 1.54) is 0 Å². The van der Waals surface area contributed by atoms with E-state index >= 15 is 0 Å². The molecule has 1 saturated heterocycles. The van der Waals surface area contributed by atoms with Gasteiger partial charge in [0, 0.05) is 37.3 Å². The highest BCUT2D eigenvalue weighted by molar-refractivity contribution is 5.97. The van der Waals surface area contributed by atoms with E-state index in [-0.39, 0.29) is 5.91 Å². The van der Waals surface area contributed by atoms with Gasteiger partial charge in [-0.15, -0.1) is 0 Å². The van der Waals surface area contributed by atoms with Crippen LogP contribution in [-0.4, -0.2) is 63.7 Å². The zero-order valence-corrected chi connectivity index (χ0v) is 15.2. The first-order chi connectivity index (χ1) is 11.4. The summed E-state index contributed by atoms with van der Waals surface area (Å²) in [6.07, 6.45) is 3.49. The molecule has 2 atom stereocenters. The summed E-state index contributed by atoms with van der Waals surface area (Å²) in [6, 6.07) is 2.33. The molecule has 3 heterocycles. The summed E-state index contributed by atoms with van der Waals surface area (Å²) in [5.41, 5.74) is 1.50. The van der Waals surface area contributed by atoms with Crippen molar-refractivity contribution in [3.05, 3.63) is 24.0 Å². The zero-order valence-electron chi connectivity index (χ0n) is 15.2. The lowest BCUT2D eigenvalue weighted by Crippen LogP contribution is -2.35. The van der Waals surface area contributed by atoms with E-state index in [1.54, 1.807) is 12.4 Å². The van der Waals surface area contributed by atoms with Crippen LogP contribution in [0.4, 0.5) is 0 Å². The Kier molecular flexibility index (Phi) is 4.58. The predicted octanol–water partition coefficient (Wildman–Crippen LogP) is 2.11. The number of carbonyl (C=O) groups excluding carboxylic acids is 1. The molecule has 1 amide bonds. The molecule has 0 aromatic carbocycles. The van der Waals surface area contributed by atoms with Gasteiger partial charge in [-0.1, -0.05) is 20.8 Å². The number of rotatable bonds is 4. The van der Waals surface area contributed by atoms with Crippen LogP contribution in [0.1, 0.15) is 31.1 Å². The molecule has 1 aliphatic heterocycles. The number of fused-ring (bicyclic) bond motifs is 1. The third-order valence-corrected chi connectivity index (χ3v) is 4.78. The average Bonchev–Trinajstić information content (AvgIpc) is 3.09. The van der Waals surface area contributed by atoms with Crippen LogP contribution in [0.5, 0.6) is 0 Å². The topological polar surface area (TPSA) is 54.3 Å². The van der Waals surface area contributed by atoms with Gasteiger partial charge in [-0.3, -0.25) is 4.79 Å². The van der Waals surface area contributed by atoms with E-state index in [0.717, 1.165) is 30.7 Å². The Morgan fingerprint density at radius 3 is 2.71 bits per heavy atom. The monoisotopic (exact) mass is 329 g/mol. The fourth-order valence-corrected chi connectivity index (χ4v) is 3.54. The Bertz CT molecular complexity index is 736. The van der Waals surface area contributed by atoms with Crippen molar-refractivity contribution in [3.63, 3.8) is 0 Å². The van der Waals surface area contributed by atoms with Crippen molar-refractivity contribution in [2.45, 2.75) is 33.4 Å². The molecule has 3 rings (SSSR count). The van der Waals surface area contributed by atoms with Crippen LogP contribution < -0.4 is 0 Å². The lowest BCUT2D eigenvalue weighted by atomic mass is 10.1. The maximum atomic E-state index is 12.8. The first-order valence-corrected chi connectivity index (χ1v) is 8.64. The third kappa shape index (κ3) is 3.15. The molecule has 0 saturated carbocycles. The quantitative estimate of drug-likeness (QED) is 0.862. The summed E-state index contributed by atoms with van der Waals surface area (Å²) in [4.78, 5) is 21.5. The van der Waals surface area contributed by atoms with Gasteiger partial charge in [0.05, 0.1) is 11.8 Å². The van der Waals surface area contributed by atoms with Crippen LogP contribution in [0.2, 0.25) is 0 Å². The van der Waals surface area contributed by atoms with Crippen molar-refractivity contribution in [1.29, 1.82) is 0 Å². The normalized spacial score (nSPS) is 21.4. The van der Waals surface area contributed by atoms with E-state index in [4.69, 9.17) is 0 Å². The molecule has 2 aromatic heterocycles. The number of likely N-dealkylation sites (N-methyl/N-ethyl adjacent to an activating group) is 1. The Morgan fingerprint density at radius 1 is 1.33 bits per heavy atom. The van der Waals surface area contributed by atoms with Gasteiger partial charge in [-0.25, -0.2) is 9.67 Å². The number of nitrogens with zero attached hydrogens (tertiary/aromatic N) is 5. The molecule has 0 unspecified atom stereocenters. The minimum atomic E-state index is 0.0669. The first-order valence-electron chi connectivity index (χ1n) is 8.64. The minimum absolute atomic E-state index is 0.0669. The Balaban J connectivity index is 1.81. The maximum Gasteiger partial charge on any atom is 0.255 e. The lowest BCUT2D eigenvalue weighted by Gasteiger charge is -2.22. The molecule has 2 aromatic rings. The van der Waals surface area contributed by atoms with Gasteiger partial charge in [0.1, 0.15) is 0 Å². The highest BCUT2D eigenvalue weighted by Gasteiger charge is 2.34. The van der Waals surface area contributed by atoms with Crippen molar-refractivity contribution >= 4 is 16.9 Å². The van der Waals surface area contributed by atoms with Crippen LogP contribution in [0.3, 0.4) is 0 Å². The molecule has 24 heavy (non-hydrogen) atoms. The molecule has 130 valence electrons. The number of likely N-dealkylation sites (tertiary alicyclic amines) is 1. The van der Waals surface area contributed by atoms with Gasteiger partial charge in [-0.05, 0) is 32.0 Å². The summed E-state index contributed by atoms with van der Waals surface area (Å²) < 4.78 is 1.91. The number of amides is 1. The van der Waals surface area contributed by atoms with Crippen molar-refractivity contribution in [1.82, 2.24) is 24.6 Å². The predicted molar refractivity (Wildman–Crippen MR) is 94.9 cm³/mol. The molecule has 0 aliphatic carbocycles. The summed E-state index contributed by atoms with van der Waals surface area (Å²) >= 11 is 0. The number of hydrogen-bond acceptors (Lipinski definition) is 4. The second-order valence-electron chi connectivity index (χ2n) is 7.58. The lowest BCUT2D eigenvalue weighted by molar-refractivity contribution is 0.0781. The number of carbonyl (C=O) groups is 1. The number of aromatic nitrogens is 3. The van der Waals surface area contributed by atoms with Crippen molar-refractivity contribution < 1.29 is 4.79 Å². The molecule has 0 spiro atoms. The number of pyridine rings is 1. The van der Waals surface area contributed by atoms with Crippen LogP contribution in [-0.2, 0) is 6.54 Å². The SMILES string of the molecule is CC(C)Cn1ncc2cc(C(=O)N3C[C@@H](N(C)C)[C@@H](C)C3)cnc21. The average molecular weight is 329 g/mol. The summed E-state index contributed by atoms with van der Waals surface area (Å²) in [7, 11) is 4.15. The molecule has 1 aliphatic rings. The summed E-state index contributed by atoms with van der Waals surface area (Å²) in [5, 5.41) is 5.33. The molecule has 6 nitrogen and oxygen atoms in total. The molecule has 0 N–H and O–H groups in total. The Labute approximate surface area is 143 Å². The standard InChI is InChI=1S/C18H27N5O/c1-12(2)9-23-17-14(8-20-23)6-15(7-19-17)18(24)22-10-13(3)16(11-22)21(4)5/h6-8,12-13,16H,9-11H2,1-5H3/t13-,16+/m0/s1. The number of hydrogen-bond donors (Lipinski definition) is 0. The third-order valence-electron chi connectivity index (χ3n) is 4.78. The Morgan fingerprint density at radius 2 is 2.08 bits per heavy atom. The van der Waals surface area contributed by atoms with Crippen LogP contribution in [0.25, 0.3) is 11.0 Å². The van der Waals surface area contributed by atoms with E-state index in [1.807, 2.05) is 15.6 Å². The molecule has 6 heteroatoms.